The Kier molecular flexibility index (Phi) is 4.64. The average Bonchev–Trinajstić information content (AvgIpc) is 2.37. The minimum atomic E-state index is -3.85. The number of anilines is 1. The molecule has 0 saturated carbocycles. The minimum absolute atomic E-state index is 0.0337. The van der Waals surface area contributed by atoms with Crippen LogP contribution in [0.2, 0.25) is 0 Å². The molecule has 0 aliphatic heterocycles. The molecule has 2 rings (SSSR count). The van der Waals surface area contributed by atoms with Crippen LogP contribution < -0.4 is 4.72 Å². The summed E-state index contributed by atoms with van der Waals surface area (Å²) in [6.07, 6.45) is 2.37. The lowest BCUT2D eigenvalue weighted by Crippen LogP contribution is -2.14. The van der Waals surface area contributed by atoms with Crippen molar-refractivity contribution in [3.8, 4) is 0 Å². The number of aromatic carboxylic acids is 1. The smallest absolute Gasteiger partial charge is 0.337 e. The first-order valence-corrected chi connectivity index (χ1v) is 8.53. The summed E-state index contributed by atoms with van der Waals surface area (Å²) in [4.78, 5) is 14.6. The number of nitrogens with one attached hydrogen (secondary N) is 1. The summed E-state index contributed by atoms with van der Waals surface area (Å²) >= 11 is 6.41. The molecular weight excluding hydrogens is 428 g/mol. The van der Waals surface area contributed by atoms with E-state index in [1.54, 1.807) is 12.1 Å². The largest absolute Gasteiger partial charge is 0.478 e. The molecule has 0 spiro atoms. The second kappa shape index (κ2) is 6.12. The Hall–Kier alpha value is -1.45. The van der Waals surface area contributed by atoms with Gasteiger partial charge in [0.15, 0.2) is 0 Å². The lowest BCUT2D eigenvalue weighted by atomic mass is 10.3. The van der Waals surface area contributed by atoms with Crippen LogP contribution in [0.3, 0.4) is 0 Å². The van der Waals surface area contributed by atoms with Crippen molar-refractivity contribution < 1.29 is 18.3 Å². The number of aromatic nitrogens is 1. The molecule has 0 aliphatic rings. The van der Waals surface area contributed by atoms with Gasteiger partial charge in [0.1, 0.15) is 4.90 Å². The van der Waals surface area contributed by atoms with E-state index in [9.17, 15) is 13.2 Å². The summed E-state index contributed by atoms with van der Waals surface area (Å²) < 4.78 is 28.0. The predicted molar refractivity (Wildman–Crippen MR) is 83.8 cm³/mol. The van der Waals surface area contributed by atoms with E-state index in [1.807, 2.05) is 0 Å². The second-order valence-electron chi connectivity index (χ2n) is 3.95. The molecule has 0 saturated heterocycles. The van der Waals surface area contributed by atoms with E-state index in [0.717, 1.165) is 10.7 Å². The highest BCUT2D eigenvalue weighted by atomic mass is 79.9. The average molecular weight is 436 g/mol. The van der Waals surface area contributed by atoms with Crippen LogP contribution in [0.15, 0.2) is 50.5 Å². The molecule has 1 aromatic carbocycles. The van der Waals surface area contributed by atoms with Gasteiger partial charge in [0, 0.05) is 15.1 Å². The lowest BCUT2D eigenvalue weighted by molar-refractivity contribution is 0.0696. The molecule has 110 valence electrons. The highest BCUT2D eigenvalue weighted by Gasteiger charge is 2.18. The van der Waals surface area contributed by atoms with Crippen molar-refractivity contribution in [3.63, 3.8) is 0 Å². The summed E-state index contributed by atoms with van der Waals surface area (Å²) in [5.74, 6) is -1.19. The molecule has 0 atom stereocenters. The van der Waals surface area contributed by atoms with Crippen LogP contribution >= 0.6 is 31.9 Å². The summed E-state index contributed by atoms with van der Waals surface area (Å²) in [5.41, 5.74) is -0.0326. The Morgan fingerprint density at radius 1 is 1.19 bits per heavy atom. The molecule has 0 bridgehead atoms. The van der Waals surface area contributed by atoms with Gasteiger partial charge in [-0.3, -0.25) is 9.71 Å². The first-order chi connectivity index (χ1) is 9.79. The zero-order valence-corrected chi connectivity index (χ0v) is 14.2. The number of carbonyl (C=O) groups is 1. The molecule has 21 heavy (non-hydrogen) atoms. The first kappa shape index (κ1) is 15.9. The van der Waals surface area contributed by atoms with Crippen LogP contribution in [-0.4, -0.2) is 24.5 Å². The van der Waals surface area contributed by atoms with Crippen LogP contribution in [0, 0.1) is 0 Å². The Labute approximate surface area is 137 Å². The van der Waals surface area contributed by atoms with Gasteiger partial charge >= 0.3 is 5.97 Å². The monoisotopic (exact) mass is 434 g/mol. The maximum absolute atomic E-state index is 12.3. The third kappa shape index (κ3) is 3.80. The SMILES string of the molecule is O=C(O)c1cncc(NS(=O)(=O)c2ccc(Br)cc2Br)c1. The molecule has 0 fully saturated rings. The molecule has 0 aliphatic carbocycles. The van der Waals surface area contributed by atoms with Crippen molar-refractivity contribution in [1.29, 1.82) is 0 Å². The number of pyridine rings is 1. The molecule has 0 radical (unpaired) electrons. The van der Waals surface area contributed by atoms with E-state index in [4.69, 9.17) is 5.11 Å². The first-order valence-electron chi connectivity index (χ1n) is 5.46. The van der Waals surface area contributed by atoms with Crippen LogP contribution in [-0.2, 0) is 10.0 Å². The lowest BCUT2D eigenvalue weighted by Gasteiger charge is -2.10. The fourth-order valence-corrected chi connectivity index (χ4v) is 4.30. The number of rotatable bonds is 4. The van der Waals surface area contributed by atoms with E-state index < -0.39 is 16.0 Å². The number of hydrogen-bond acceptors (Lipinski definition) is 4. The Morgan fingerprint density at radius 3 is 2.52 bits per heavy atom. The van der Waals surface area contributed by atoms with Crippen molar-refractivity contribution in [2.75, 3.05) is 4.72 Å². The van der Waals surface area contributed by atoms with Crippen LogP contribution in [0.25, 0.3) is 0 Å². The summed E-state index contributed by atoms with van der Waals surface area (Å²) in [7, 11) is -3.85. The van der Waals surface area contributed by atoms with Crippen LogP contribution in [0.1, 0.15) is 10.4 Å². The maximum atomic E-state index is 12.3. The standard InChI is InChI=1S/C12H8Br2N2O4S/c13-8-1-2-11(10(14)4-8)21(19,20)16-9-3-7(12(17)18)5-15-6-9/h1-6,16H,(H,17,18). The van der Waals surface area contributed by atoms with Crippen molar-refractivity contribution in [1.82, 2.24) is 4.98 Å². The van der Waals surface area contributed by atoms with Crippen molar-refractivity contribution >= 4 is 53.5 Å². The van der Waals surface area contributed by atoms with Gasteiger partial charge in [-0.15, -0.1) is 0 Å². The quantitative estimate of drug-likeness (QED) is 0.768. The maximum Gasteiger partial charge on any atom is 0.337 e. The van der Waals surface area contributed by atoms with Gasteiger partial charge < -0.3 is 5.11 Å². The van der Waals surface area contributed by atoms with Gasteiger partial charge in [0.2, 0.25) is 0 Å². The second-order valence-corrected chi connectivity index (χ2v) is 7.37. The van der Waals surface area contributed by atoms with Crippen LogP contribution in [0.5, 0.6) is 0 Å². The molecule has 9 heteroatoms. The zero-order chi connectivity index (χ0) is 15.6. The molecule has 1 heterocycles. The number of benzene rings is 1. The van der Waals surface area contributed by atoms with Crippen molar-refractivity contribution in [2.45, 2.75) is 4.90 Å². The molecule has 1 aromatic heterocycles. The minimum Gasteiger partial charge on any atom is -0.478 e. The summed E-state index contributed by atoms with van der Waals surface area (Å²) in [6.45, 7) is 0. The Morgan fingerprint density at radius 2 is 1.90 bits per heavy atom. The number of halogens is 2. The number of carboxylic acids is 1. The molecular formula is C12H8Br2N2O4S. The van der Waals surface area contributed by atoms with E-state index in [0.29, 0.717) is 4.47 Å². The molecule has 2 aromatic rings. The third-order valence-electron chi connectivity index (χ3n) is 2.42. The van der Waals surface area contributed by atoms with Gasteiger partial charge in [-0.25, -0.2) is 13.2 Å². The number of carboxylic acid groups (broad SMARTS) is 1. The molecule has 0 amide bonds. The van der Waals surface area contributed by atoms with Gasteiger partial charge in [-0.05, 0) is 40.2 Å². The topological polar surface area (TPSA) is 96.4 Å². The van der Waals surface area contributed by atoms with E-state index >= 15 is 0 Å². The molecule has 2 N–H and O–H groups in total. The van der Waals surface area contributed by atoms with Gasteiger partial charge in [-0.1, -0.05) is 15.9 Å². The van der Waals surface area contributed by atoms with Crippen molar-refractivity contribution in [3.05, 3.63) is 51.2 Å². The molecule has 0 unspecified atom stereocenters. The predicted octanol–water partition coefficient (Wildman–Crippen LogP) is 3.11. The number of hydrogen-bond donors (Lipinski definition) is 2. The fraction of sp³-hybridized carbons (Fsp3) is 0. The zero-order valence-electron chi connectivity index (χ0n) is 10.2. The fourth-order valence-electron chi connectivity index (χ4n) is 1.52. The summed E-state index contributed by atoms with van der Waals surface area (Å²) in [6, 6.07) is 5.80. The van der Waals surface area contributed by atoms with Gasteiger partial charge in [0.25, 0.3) is 10.0 Å². The highest BCUT2D eigenvalue weighted by Crippen LogP contribution is 2.27. The Balaban J connectivity index is 2.37. The van der Waals surface area contributed by atoms with E-state index in [1.165, 1.54) is 18.3 Å². The van der Waals surface area contributed by atoms with E-state index in [-0.39, 0.29) is 16.1 Å². The highest BCUT2D eigenvalue weighted by molar-refractivity contribution is 9.11. The normalized spacial score (nSPS) is 11.1. The number of sulfonamides is 1. The molecule has 6 nitrogen and oxygen atoms in total. The van der Waals surface area contributed by atoms with Gasteiger partial charge in [-0.2, -0.15) is 0 Å². The van der Waals surface area contributed by atoms with Gasteiger partial charge in [0.05, 0.1) is 17.4 Å². The Bertz CT molecular complexity index is 809. The van der Waals surface area contributed by atoms with E-state index in [2.05, 4.69) is 41.6 Å². The third-order valence-corrected chi connectivity index (χ3v) is 5.27. The number of nitrogens with zero attached hydrogens (tertiary/aromatic N) is 1. The van der Waals surface area contributed by atoms with Crippen molar-refractivity contribution in [2.24, 2.45) is 0 Å². The summed E-state index contributed by atoms with van der Waals surface area (Å²) in [5, 5.41) is 8.87. The van der Waals surface area contributed by atoms with Crippen LogP contribution in [0.4, 0.5) is 5.69 Å².